The van der Waals surface area contributed by atoms with Gasteiger partial charge in [0.1, 0.15) is 11.6 Å². The number of esters is 1. The van der Waals surface area contributed by atoms with Gasteiger partial charge in [0.2, 0.25) is 11.8 Å². The van der Waals surface area contributed by atoms with Gasteiger partial charge in [0, 0.05) is 10.9 Å². The molecule has 0 aliphatic carbocycles. The number of fused-ring (bicyclic) bond motifs is 1. The van der Waals surface area contributed by atoms with Crippen molar-refractivity contribution < 1.29 is 29.0 Å². The minimum atomic E-state index is -1.11. The van der Waals surface area contributed by atoms with E-state index in [1.54, 1.807) is 6.92 Å². The van der Waals surface area contributed by atoms with Crippen LogP contribution in [-0.2, 0) is 23.9 Å². The van der Waals surface area contributed by atoms with Crippen LogP contribution in [0.15, 0.2) is 0 Å². The minimum absolute atomic E-state index is 0.0525. The highest BCUT2D eigenvalue weighted by Crippen LogP contribution is 2.60. The van der Waals surface area contributed by atoms with Gasteiger partial charge in [-0.2, -0.15) is 0 Å². The molecule has 3 aliphatic heterocycles. The summed E-state index contributed by atoms with van der Waals surface area (Å²) in [4.78, 5) is 41.2. The summed E-state index contributed by atoms with van der Waals surface area (Å²) < 4.78 is 11.6. The molecule has 170 valence electrons. The van der Waals surface area contributed by atoms with Crippen LogP contribution < -0.4 is 5.32 Å². The Bertz CT molecular complexity index is 686. The maximum Gasteiger partial charge on any atom is 0.312 e. The third-order valence-electron chi connectivity index (χ3n) is 6.72. The van der Waals surface area contributed by atoms with Crippen LogP contribution in [-0.4, -0.2) is 75.7 Å². The lowest BCUT2D eigenvalue weighted by atomic mass is 9.70. The Balaban J connectivity index is 2.03. The third-order valence-corrected chi connectivity index (χ3v) is 7.56. The number of likely N-dealkylation sites (tertiary alicyclic amines) is 1. The van der Waals surface area contributed by atoms with Crippen LogP contribution in [0.1, 0.15) is 53.4 Å². The SMILES string of the molecule is CCCC(C)NC(=O)[C@H]1N([C@@H](CC)CO)C(=O)[C@@H]2[C@@H](C(=O)OCC)[C@@H]3O[C@@]21CC3Br. The van der Waals surface area contributed by atoms with Gasteiger partial charge >= 0.3 is 5.97 Å². The van der Waals surface area contributed by atoms with Crippen LogP contribution >= 0.6 is 15.9 Å². The van der Waals surface area contributed by atoms with Crippen molar-refractivity contribution in [1.29, 1.82) is 0 Å². The highest BCUT2D eigenvalue weighted by Gasteiger charge is 2.77. The first-order chi connectivity index (χ1) is 14.3. The van der Waals surface area contributed by atoms with Crippen LogP contribution in [0.5, 0.6) is 0 Å². The number of hydrogen-bond acceptors (Lipinski definition) is 6. The molecule has 0 aromatic carbocycles. The van der Waals surface area contributed by atoms with Gasteiger partial charge in [-0.25, -0.2) is 0 Å². The first-order valence-electron chi connectivity index (χ1n) is 11.0. The molecule has 2 amide bonds. The van der Waals surface area contributed by atoms with E-state index in [0.717, 1.165) is 12.8 Å². The molecular weight excluding hydrogens is 456 g/mol. The quantitative estimate of drug-likeness (QED) is 0.375. The zero-order valence-electron chi connectivity index (χ0n) is 18.1. The van der Waals surface area contributed by atoms with E-state index >= 15 is 0 Å². The van der Waals surface area contributed by atoms with Gasteiger partial charge in [0.05, 0.1) is 37.2 Å². The van der Waals surface area contributed by atoms with Crippen molar-refractivity contribution in [3.63, 3.8) is 0 Å². The fourth-order valence-corrected chi connectivity index (χ4v) is 6.45. The second-order valence-electron chi connectivity index (χ2n) is 8.60. The summed E-state index contributed by atoms with van der Waals surface area (Å²) >= 11 is 3.61. The van der Waals surface area contributed by atoms with E-state index in [1.807, 2.05) is 20.8 Å². The number of carbonyl (C=O) groups excluding carboxylic acids is 3. The van der Waals surface area contributed by atoms with Crippen molar-refractivity contribution in [3.8, 4) is 0 Å². The standard InChI is InChI=1S/C21H33BrN2O6/c1-5-8-11(4)23-18(26)17-21-9-13(22)16(30-21)14(20(28)29-7-3)15(21)19(27)24(17)12(6-2)10-25/h11-17,25H,5-10H2,1-4H3,(H,23,26)/t11?,12-,13?,14+,15-,16+,17+,21-/m0/s1. The Labute approximate surface area is 186 Å². The number of hydrogen-bond donors (Lipinski definition) is 2. The molecule has 1 spiro atoms. The average Bonchev–Trinajstić information content (AvgIpc) is 3.27. The Morgan fingerprint density at radius 2 is 2.10 bits per heavy atom. The average molecular weight is 489 g/mol. The fraction of sp³-hybridized carbons (Fsp3) is 0.857. The molecule has 2 bridgehead atoms. The van der Waals surface area contributed by atoms with Gasteiger partial charge in [-0.3, -0.25) is 14.4 Å². The summed E-state index contributed by atoms with van der Waals surface area (Å²) in [5.41, 5.74) is -1.11. The monoisotopic (exact) mass is 488 g/mol. The molecule has 3 aliphatic rings. The van der Waals surface area contributed by atoms with Crippen molar-refractivity contribution in [2.24, 2.45) is 11.8 Å². The number of halogens is 1. The van der Waals surface area contributed by atoms with Crippen LogP contribution in [0, 0.1) is 11.8 Å². The summed E-state index contributed by atoms with van der Waals surface area (Å²) in [6.07, 6.45) is 2.16. The van der Waals surface area contributed by atoms with Gasteiger partial charge in [-0.05, 0) is 33.1 Å². The number of carbonyl (C=O) groups is 3. The van der Waals surface area contributed by atoms with E-state index in [4.69, 9.17) is 9.47 Å². The maximum atomic E-state index is 13.6. The Morgan fingerprint density at radius 1 is 1.40 bits per heavy atom. The Kier molecular flexibility index (Phi) is 7.14. The molecule has 2 unspecified atom stereocenters. The van der Waals surface area contributed by atoms with Crippen LogP contribution in [0.4, 0.5) is 0 Å². The molecule has 0 saturated carbocycles. The number of nitrogens with zero attached hydrogens (tertiary/aromatic N) is 1. The minimum Gasteiger partial charge on any atom is -0.466 e. The molecule has 8 atom stereocenters. The molecule has 8 nitrogen and oxygen atoms in total. The summed E-state index contributed by atoms with van der Waals surface area (Å²) in [5.74, 6) is -2.61. The highest BCUT2D eigenvalue weighted by atomic mass is 79.9. The number of ether oxygens (including phenoxy) is 2. The molecule has 2 N–H and O–H groups in total. The smallest absolute Gasteiger partial charge is 0.312 e. The normalized spacial score (nSPS) is 36.5. The predicted molar refractivity (Wildman–Crippen MR) is 113 cm³/mol. The molecule has 30 heavy (non-hydrogen) atoms. The van der Waals surface area contributed by atoms with Gasteiger partial charge in [-0.15, -0.1) is 0 Å². The zero-order valence-corrected chi connectivity index (χ0v) is 19.7. The third kappa shape index (κ3) is 3.56. The zero-order chi connectivity index (χ0) is 22.2. The second kappa shape index (κ2) is 9.12. The summed E-state index contributed by atoms with van der Waals surface area (Å²) in [5, 5.41) is 13.0. The van der Waals surface area contributed by atoms with Gasteiger partial charge in [-0.1, -0.05) is 36.2 Å². The van der Waals surface area contributed by atoms with E-state index in [-0.39, 0.29) is 35.9 Å². The van der Waals surface area contributed by atoms with Crippen LogP contribution in [0.2, 0.25) is 0 Å². The first kappa shape index (κ1) is 23.5. The molecule has 3 heterocycles. The second-order valence-corrected chi connectivity index (χ2v) is 9.78. The van der Waals surface area contributed by atoms with Gasteiger partial charge in [0.15, 0.2) is 0 Å². The molecule has 9 heteroatoms. The van der Waals surface area contributed by atoms with E-state index in [2.05, 4.69) is 21.2 Å². The largest absolute Gasteiger partial charge is 0.466 e. The van der Waals surface area contributed by atoms with Gasteiger partial charge in [0.25, 0.3) is 0 Å². The highest BCUT2D eigenvalue weighted by molar-refractivity contribution is 9.09. The lowest BCUT2D eigenvalue weighted by molar-refractivity contribution is -0.155. The van der Waals surface area contributed by atoms with Crippen molar-refractivity contribution >= 4 is 33.7 Å². The van der Waals surface area contributed by atoms with E-state index in [1.165, 1.54) is 4.90 Å². The van der Waals surface area contributed by atoms with Crippen LogP contribution in [0.3, 0.4) is 0 Å². The van der Waals surface area contributed by atoms with E-state index in [9.17, 15) is 19.5 Å². The first-order valence-corrected chi connectivity index (χ1v) is 11.9. The lowest BCUT2D eigenvalue weighted by Crippen LogP contribution is -2.59. The maximum absolute atomic E-state index is 13.6. The topological polar surface area (TPSA) is 105 Å². The molecular formula is C21H33BrN2O6. The molecule has 3 saturated heterocycles. The summed E-state index contributed by atoms with van der Waals surface area (Å²) in [6.45, 7) is 7.51. The number of alkyl halides is 1. The molecule has 0 radical (unpaired) electrons. The number of aliphatic hydroxyl groups is 1. The predicted octanol–water partition coefficient (Wildman–Crippen LogP) is 1.37. The number of nitrogens with one attached hydrogen (secondary N) is 1. The lowest BCUT2D eigenvalue weighted by Gasteiger charge is -2.37. The summed E-state index contributed by atoms with van der Waals surface area (Å²) in [6, 6.07) is -1.46. The summed E-state index contributed by atoms with van der Waals surface area (Å²) in [7, 11) is 0. The molecule has 3 rings (SSSR count). The van der Waals surface area contributed by atoms with Crippen molar-refractivity contribution in [2.45, 2.75) is 88.0 Å². The van der Waals surface area contributed by atoms with Crippen LogP contribution in [0.25, 0.3) is 0 Å². The van der Waals surface area contributed by atoms with E-state index in [0.29, 0.717) is 12.8 Å². The fourth-order valence-electron chi connectivity index (χ4n) is 5.51. The molecule has 3 fully saturated rings. The van der Waals surface area contributed by atoms with E-state index < -0.39 is 41.6 Å². The Morgan fingerprint density at radius 3 is 2.67 bits per heavy atom. The molecule has 0 aromatic heterocycles. The number of amides is 2. The molecule has 0 aromatic rings. The van der Waals surface area contributed by atoms with Crippen molar-refractivity contribution in [1.82, 2.24) is 10.2 Å². The van der Waals surface area contributed by atoms with Crippen molar-refractivity contribution in [3.05, 3.63) is 0 Å². The number of aliphatic hydroxyl groups excluding tert-OH is 1. The van der Waals surface area contributed by atoms with Crippen molar-refractivity contribution in [2.75, 3.05) is 13.2 Å². The Hall–Kier alpha value is -1.19. The number of rotatable bonds is 9. The van der Waals surface area contributed by atoms with Gasteiger partial charge < -0.3 is 24.8 Å².